The zero-order valence-corrected chi connectivity index (χ0v) is 12.6. The molecule has 1 saturated heterocycles. The maximum atomic E-state index is 12.2. The number of likely N-dealkylation sites (tertiary alicyclic amines) is 1. The van der Waals surface area contributed by atoms with E-state index in [2.05, 4.69) is 9.55 Å². The summed E-state index contributed by atoms with van der Waals surface area (Å²) in [5.74, 6) is 0.999. The second-order valence-corrected chi connectivity index (χ2v) is 5.58. The van der Waals surface area contributed by atoms with E-state index in [1.807, 2.05) is 41.6 Å². The molecule has 1 aliphatic rings. The Morgan fingerprint density at radius 3 is 2.95 bits per heavy atom. The third-order valence-electron chi connectivity index (χ3n) is 3.91. The Hall–Kier alpha value is -2.30. The van der Waals surface area contributed by atoms with E-state index >= 15 is 0 Å². The zero-order valence-electron chi connectivity index (χ0n) is 12.6. The Labute approximate surface area is 130 Å². The molecule has 0 bridgehead atoms. The summed E-state index contributed by atoms with van der Waals surface area (Å²) in [6.45, 7) is 2.35. The number of nitrogens with zero attached hydrogens (tertiary/aromatic N) is 3. The normalized spacial score (nSPS) is 17.6. The van der Waals surface area contributed by atoms with Gasteiger partial charge in [0, 0.05) is 44.5 Å². The smallest absolute Gasteiger partial charge is 0.222 e. The highest BCUT2D eigenvalue weighted by atomic mass is 16.5. The highest BCUT2D eigenvalue weighted by Gasteiger charge is 2.27. The van der Waals surface area contributed by atoms with Crippen molar-refractivity contribution in [3.05, 3.63) is 49.1 Å². The van der Waals surface area contributed by atoms with Crippen LogP contribution in [0.3, 0.4) is 0 Å². The SMILES string of the molecule is O=C(CCCn1cccc1)N1CC[C@@H](Oc2cccnc2)C1. The van der Waals surface area contributed by atoms with Gasteiger partial charge in [-0.25, -0.2) is 0 Å². The van der Waals surface area contributed by atoms with E-state index < -0.39 is 0 Å². The third-order valence-corrected chi connectivity index (χ3v) is 3.91. The lowest BCUT2D eigenvalue weighted by molar-refractivity contribution is -0.130. The number of aromatic nitrogens is 2. The topological polar surface area (TPSA) is 47.4 Å². The van der Waals surface area contributed by atoms with Crippen molar-refractivity contribution in [3.63, 3.8) is 0 Å². The summed E-state index contributed by atoms with van der Waals surface area (Å²) >= 11 is 0. The number of aryl methyl sites for hydroxylation is 1. The highest BCUT2D eigenvalue weighted by Crippen LogP contribution is 2.18. The number of pyridine rings is 1. The molecule has 1 aliphatic heterocycles. The fourth-order valence-corrected chi connectivity index (χ4v) is 2.75. The predicted octanol–water partition coefficient (Wildman–Crippen LogP) is 2.34. The summed E-state index contributed by atoms with van der Waals surface area (Å²) in [4.78, 5) is 18.2. The summed E-state index contributed by atoms with van der Waals surface area (Å²) in [5, 5.41) is 0. The van der Waals surface area contributed by atoms with Gasteiger partial charge in [0.05, 0.1) is 12.7 Å². The van der Waals surface area contributed by atoms with Crippen LogP contribution < -0.4 is 4.74 Å². The van der Waals surface area contributed by atoms with Crippen molar-refractivity contribution in [1.82, 2.24) is 14.5 Å². The minimum atomic E-state index is 0.0811. The quantitative estimate of drug-likeness (QED) is 0.822. The first kappa shape index (κ1) is 14.6. The molecule has 0 radical (unpaired) electrons. The van der Waals surface area contributed by atoms with Crippen LogP contribution in [-0.2, 0) is 11.3 Å². The Morgan fingerprint density at radius 2 is 2.18 bits per heavy atom. The lowest BCUT2D eigenvalue weighted by Gasteiger charge is -2.17. The minimum absolute atomic E-state index is 0.0811. The first-order chi connectivity index (χ1) is 10.8. The molecule has 1 atom stereocenters. The van der Waals surface area contributed by atoms with Gasteiger partial charge < -0.3 is 14.2 Å². The van der Waals surface area contributed by atoms with Crippen LogP contribution in [0.15, 0.2) is 49.1 Å². The predicted molar refractivity (Wildman–Crippen MR) is 83.5 cm³/mol. The van der Waals surface area contributed by atoms with Crippen LogP contribution in [0.2, 0.25) is 0 Å². The minimum Gasteiger partial charge on any atom is -0.487 e. The van der Waals surface area contributed by atoms with Crippen LogP contribution in [0.1, 0.15) is 19.3 Å². The summed E-state index contributed by atoms with van der Waals surface area (Å²) in [6.07, 6.45) is 9.92. The van der Waals surface area contributed by atoms with Gasteiger partial charge >= 0.3 is 0 Å². The van der Waals surface area contributed by atoms with Crippen LogP contribution in [0.4, 0.5) is 0 Å². The lowest BCUT2D eigenvalue weighted by Crippen LogP contribution is -2.30. The van der Waals surface area contributed by atoms with E-state index in [4.69, 9.17) is 4.74 Å². The van der Waals surface area contributed by atoms with Gasteiger partial charge in [0.25, 0.3) is 0 Å². The van der Waals surface area contributed by atoms with Gasteiger partial charge in [-0.3, -0.25) is 9.78 Å². The molecule has 2 aromatic rings. The number of amides is 1. The molecule has 0 aromatic carbocycles. The average molecular weight is 299 g/mol. The third kappa shape index (κ3) is 3.87. The number of rotatable bonds is 6. The van der Waals surface area contributed by atoms with Crippen LogP contribution in [0.5, 0.6) is 5.75 Å². The first-order valence-corrected chi connectivity index (χ1v) is 7.76. The molecule has 0 spiro atoms. The molecule has 3 rings (SSSR count). The molecule has 22 heavy (non-hydrogen) atoms. The zero-order chi connectivity index (χ0) is 15.2. The van der Waals surface area contributed by atoms with Crippen molar-refractivity contribution >= 4 is 5.91 Å². The average Bonchev–Trinajstić information content (AvgIpc) is 3.20. The summed E-state index contributed by atoms with van der Waals surface area (Å²) in [5.41, 5.74) is 0. The largest absolute Gasteiger partial charge is 0.487 e. The molecule has 5 heteroatoms. The fraction of sp³-hybridized carbons (Fsp3) is 0.412. The van der Waals surface area contributed by atoms with Crippen molar-refractivity contribution in [1.29, 1.82) is 0 Å². The highest BCUT2D eigenvalue weighted by molar-refractivity contribution is 5.76. The molecule has 5 nitrogen and oxygen atoms in total. The molecule has 0 saturated carbocycles. The van der Waals surface area contributed by atoms with E-state index in [0.717, 1.165) is 31.7 Å². The lowest BCUT2D eigenvalue weighted by atomic mass is 10.3. The van der Waals surface area contributed by atoms with Crippen LogP contribution >= 0.6 is 0 Å². The van der Waals surface area contributed by atoms with E-state index in [9.17, 15) is 4.79 Å². The number of hydrogen-bond acceptors (Lipinski definition) is 3. The van der Waals surface area contributed by atoms with Gasteiger partial charge in [0.1, 0.15) is 11.9 Å². The molecule has 0 unspecified atom stereocenters. The summed E-state index contributed by atoms with van der Waals surface area (Å²) in [7, 11) is 0. The molecule has 1 fully saturated rings. The van der Waals surface area contributed by atoms with Crippen LogP contribution in [0, 0.1) is 0 Å². The van der Waals surface area contributed by atoms with Gasteiger partial charge in [0.2, 0.25) is 5.91 Å². The van der Waals surface area contributed by atoms with Crippen LogP contribution in [-0.4, -0.2) is 39.6 Å². The standard InChI is InChI=1S/C17H21N3O2/c21-17(6-4-11-19-9-1-2-10-19)20-12-7-16(14-20)22-15-5-3-8-18-13-15/h1-3,5,8-10,13,16H,4,6-7,11-12,14H2/t16-/m1/s1. The second-order valence-electron chi connectivity index (χ2n) is 5.58. The van der Waals surface area contributed by atoms with Crippen LogP contribution in [0.25, 0.3) is 0 Å². The fourth-order valence-electron chi connectivity index (χ4n) is 2.75. The van der Waals surface area contributed by atoms with Gasteiger partial charge in [-0.1, -0.05) is 0 Å². The van der Waals surface area contributed by atoms with Crippen molar-refractivity contribution < 1.29 is 9.53 Å². The van der Waals surface area contributed by atoms with Gasteiger partial charge in [0.15, 0.2) is 0 Å². The van der Waals surface area contributed by atoms with Crippen molar-refractivity contribution in [2.75, 3.05) is 13.1 Å². The number of ether oxygens (including phenoxy) is 1. The Bertz CT molecular complexity index is 583. The van der Waals surface area contributed by atoms with Crippen molar-refractivity contribution in [2.24, 2.45) is 0 Å². The Kier molecular flexibility index (Phi) is 4.73. The van der Waals surface area contributed by atoms with E-state index in [-0.39, 0.29) is 12.0 Å². The van der Waals surface area contributed by atoms with E-state index in [1.165, 1.54) is 0 Å². The van der Waals surface area contributed by atoms with Crippen molar-refractivity contribution in [3.8, 4) is 5.75 Å². The van der Waals surface area contributed by atoms with Crippen molar-refractivity contribution in [2.45, 2.75) is 31.9 Å². The molecule has 3 heterocycles. The van der Waals surface area contributed by atoms with Gasteiger partial charge in [-0.05, 0) is 30.7 Å². The molecule has 2 aromatic heterocycles. The van der Waals surface area contributed by atoms with Gasteiger partial charge in [-0.2, -0.15) is 0 Å². The first-order valence-electron chi connectivity index (χ1n) is 7.76. The maximum absolute atomic E-state index is 12.2. The monoisotopic (exact) mass is 299 g/mol. The Morgan fingerprint density at radius 1 is 1.32 bits per heavy atom. The Balaban J connectivity index is 1.41. The van der Waals surface area contributed by atoms with Gasteiger partial charge in [-0.15, -0.1) is 0 Å². The number of carbonyl (C=O) groups excluding carboxylic acids is 1. The summed E-state index contributed by atoms with van der Waals surface area (Å²) < 4.78 is 7.96. The molecule has 0 N–H and O–H groups in total. The van der Waals surface area contributed by atoms with E-state index in [1.54, 1.807) is 12.4 Å². The van der Waals surface area contributed by atoms with E-state index in [0.29, 0.717) is 13.0 Å². The molecular weight excluding hydrogens is 278 g/mol. The molecule has 0 aliphatic carbocycles. The second kappa shape index (κ2) is 7.11. The maximum Gasteiger partial charge on any atom is 0.222 e. The summed E-state index contributed by atoms with van der Waals surface area (Å²) in [6, 6.07) is 7.76. The molecule has 116 valence electrons. The number of carbonyl (C=O) groups is 1. The molecular formula is C17H21N3O2. The number of hydrogen-bond donors (Lipinski definition) is 0. The molecule has 1 amide bonds.